The smallest absolute Gasteiger partial charge is 0.283 e. The Balaban J connectivity index is 1.87. The van der Waals surface area contributed by atoms with Gasteiger partial charge in [-0.3, -0.25) is 15.2 Å². The summed E-state index contributed by atoms with van der Waals surface area (Å²) in [6.45, 7) is 0. The lowest BCUT2D eigenvalue weighted by Crippen LogP contribution is -2.29. The lowest BCUT2D eigenvalue weighted by Gasteiger charge is -2.32. The van der Waals surface area contributed by atoms with Gasteiger partial charge in [-0.05, 0) is 65.6 Å². The summed E-state index contributed by atoms with van der Waals surface area (Å²) in [6, 6.07) is 15.1. The van der Waals surface area contributed by atoms with E-state index in [0.717, 1.165) is 5.56 Å². The quantitative estimate of drug-likeness (QED) is 0.289. The van der Waals surface area contributed by atoms with Crippen LogP contribution < -0.4 is 9.47 Å². The minimum absolute atomic E-state index is 0.0406. The molecule has 0 fully saturated rings. The van der Waals surface area contributed by atoms with E-state index < -0.39 is 10.3 Å². The second-order valence-corrected chi connectivity index (χ2v) is 8.11. The molecular formula is C25H21N3O6. The standard InChI is InChI=1S/C25H21N3O6/c1-33-22-11-15(3-5-20(22)29)25(16-4-6-21(30)23(12-16)34-2)13-14-9-17(19-7-8-26-27-19)24(28(31)32)18(25)10-14/h3-12,29-30H,13H2,1-2H3,(H,26,27). The van der Waals surface area contributed by atoms with Crippen molar-refractivity contribution in [3.8, 4) is 34.3 Å². The summed E-state index contributed by atoms with van der Waals surface area (Å²) in [6.07, 6.45) is 2.03. The highest BCUT2D eigenvalue weighted by Crippen LogP contribution is 2.54. The molecule has 2 bridgehead atoms. The van der Waals surface area contributed by atoms with Crippen LogP contribution >= 0.6 is 0 Å². The Morgan fingerprint density at radius 2 is 1.59 bits per heavy atom. The van der Waals surface area contributed by atoms with Gasteiger partial charge in [0.1, 0.15) is 0 Å². The van der Waals surface area contributed by atoms with Crippen molar-refractivity contribution in [3.63, 3.8) is 0 Å². The Labute approximate surface area is 194 Å². The first-order valence-electron chi connectivity index (χ1n) is 10.5. The Morgan fingerprint density at radius 1 is 0.971 bits per heavy atom. The summed E-state index contributed by atoms with van der Waals surface area (Å²) in [5.74, 6) is 0.415. The van der Waals surface area contributed by atoms with Crippen molar-refractivity contribution in [1.29, 1.82) is 0 Å². The summed E-state index contributed by atoms with van der Waals surface area (Å²) in [5.41, 5.74) is 2.56. The van der Waals surface area contributed by atoms with Crippen molar-refractivity contribution in [2.75, 3.05) is 14.2 Å². The number of hydrogen-bond donors (Lipinski definition) is 3. The summed E-state index contributed by atoms with van der Waals surface area (Å²) in [4.78, 5) is 12.1. The number of H-pyrrole nitrogens is 1. The maximum absolute atomic E-state index is 12.5. The van der Waals surface area contributed by atoms with Gasteiger partial charge in [0.25, 0.3) is 5.69 Å². The highest BCUT2D eigenvalue weighted by molar-refractivity contribution is 5.79. The normalized spacial score (nSPS) is 13.6. The van der Waals surface area contributed by atoms with Crippen LogP contribution in [-0.2, 0) is 11.8 Å². The Kier molecular flexibility index (Phi) is 4.89. The molecule has 0 radical (unpaired) electrons. The van der Waals surface area contributed by atoms with Crippen LogP contribution in [0.3, 0.4) is 0 Å². The molecule has 1 aliphatic carbocycles. The van der Waals surface area contributed by atoms with Gasteiger partial charge in [0.2, 0.25) is 0 Å². The average Bonchev–Trinajstić information content (AvgIpc) is 3.47. The molecule has 0 atom stereocenters. The van der Waals surface area contributed by atoms with Gasteiger partial charge in [0, 0.05) is 11.8 Å². The molecule has 5 rings (SSSR count). The number of nitro groups is 1. The zero-order chi connectivity index (χ0) is 24.0. The van der Waals surface area contributed by atoms with Crippen LogP contribution in [0.25, 0.3) is 11.3 Å². The van der Waals surface area contributed by atoms with Crippen LogP contribution in [-0.4, -0.2) is 39.6 Å². The second-order valence-electron chi connectivity index (χ2n) is 8.11. The van der Waals surface area contributed by atoms with Crippen LogP contribution in [0.1, 0.15) is 22.3 Å². The average molecular weight is 459 g/mol. The van der Waals surface area contributed by atoms with Gasteiger partial charge in [0.15, 0.2) is 23.0 Å². The first-order chi connectivity index (χ1) is 16.4. The van der Waals surface area contributed by atoms with E-state index in [1.54, 1.807) is 42.6 Å². The number of aromatic nitrogens is 2. The number of phenolic OH excluding ortho intramolecular Hbond substituents is 2. The number of phenols is 2. The molecule has 0 saturated heterocycles. The third-order valence-electron chi connectivity index (χ3n) is 6.40. The fourth-order valence-electron chi connectivity index (χ4n) is 4.89. The van der Waals surface area contributed by atoms with Crippen LogP contribution in [0.4, 0.5) is 5.69 Å². The van der Waals surface area contributed by atoms with Crippen molar-refractivity contribution in [1.82, 2.24) is 10.2 Å². The monoisotopic (exact) mass is 459 g/mol. The molecule has 9 nitrogen and oxygen atoms in total. The van der Waals surface area contributed by atoms with Gasteiger partial charge in [-0.15, -0.1) is 0 Å². The fourth-order valence-corrected chi connectivity index (χ4v) is 4.89. The summed E-state index contributed by atoms with van der Waals surface area (Å²) in [7, 11) is 2.89. The Hall–Kier alpha value is -4.53. The molecule has 9 heteroatoms. The summed E-state index contributed by atoms with van der Waals surface area (Å²) < 4.78 is 10.7. The predicted molar refractivity (Wildman–Crippen MR) is 124 cm³/mol. The van der Waals surface area contributed by atoms with E-state index in [-0.39, 0.29) is 28.7 Å². The number of rotatable bonds is 6. The van der Waals surface area contributed by atoms with Gasteiger partial charge in [0.05, 0.1) is 35.8 Å². The van der Waals surface area contributed by atoms with Gasteiger partial charge < -0.3 is 19.7 Å². The molecule has 1 heterocycles. The van der Waals surface area contributed by atoms with E-state index in [0.29, 0.717) is 34.4 Å². The molecule has 0 spiro atoms. The van der Waals surface area contributed by atoms with Gasteiger partial charge in [-0.2, -0.15) is 5.10 Å². The van der Waals surface area contributed by atoms with Crippen molar-refractivity contribution in [3.05, 3.63) is 93.2 Å². The zero-order valence-electron chi connectivity index (χ0n) is 18.4. The predicted octanol–water partition coefficient (Wildman–Crippen LogP) is 4.30. The third-order valence-corrected chi connectivity index (χ3v) is 6.40. The number of nitro benzene ring substituents is 1. The van der Waals surface area contributed by atoms with Gasteiger partial charge >= 0.3 is 0 Å². The van der Waals surface area contributed by atoms with E-state index in [9.17, 15) is 20.3 Å². The fraction of sp³-hybridized carbons (Fsp3) is 0.160. The molecule has 1 aliphatic rings. The van der Waals surface area contributed by atoms with Gasteiger partial charge in [-0.25, -0.2) is 0 Å². The highest BCUT2D eigenvalue weighted by atomic mass is 16.6. The molecule has 1 aromatic heterocycles. The SMILES string of the molecule is COc1cc(C2(c3ccc(O)c(OC)c3)Cc3cc(-c4cc[nH]n4)c([N+](=O)[O-])c2c3)ccc1O. The number of aromatic hydroxyl groups is 2. The molecule has 0 unspecified atom stereocenters. The maximum Gasteiger partial charge on any atom is 0.283 e. The number of aromatic amines is 1. The Bertz CT molecular complexity index is 1360. The van der Waals surface area contributed by atoms with Crippen molar-refractivity contribution in [2.45, 2.75) is 11.8 Å². The largest absolute Gasteiger partial charge is 0.504 e. The first kappa shape index (κ1) is 21.3. The van der Waals surface area contributed by atoms with E-state index in [2.05, 4.69) is 10.2 Å². The van der Waals surface area contributed by atoms with Crippen LogP contribution in [0.2, 0.25) is 0 Å². The highest BCUT2D eigenvalue weighted by Gasteiger charge is 2.47. The second kappa shape index (κ2) is 7.80. The van der Waals surface area contributed by atoms with Crippen LogP contribution in [0.5, 0.6) is 23.0 Å². The minimum atomic E-state index is -1.01. The van der Waals surface area contributed by atoms with Crippen LogP contribution in [0, 0.1) is 10.1 Å². The topological polar surface area (TPSA) is 131 Å². The summed E-state index contributed by atoms with van der Waals surface area (Å²) in [5, 5.41) is 39.8. The lowest BCUT2D eigenvalue weighted by atomic mass is 9.69. The molecule has 4 aromatic rings. The molecule has 0 aliphatic heterocycles. The molecular weight excluding hydrogens is 438 g/mol. The van der Waals surface area contributed by atoms with Gasteiger partial charge in [-0.1, -0.05) is 12.1 Å². The number of nitrogens with zero attached hydrogens (tertiary/aromatic N) is 2. The van der Waals surface area contributed by atoms with Crippen molar-refractivity contribution >= 4 is 5.69 Å². The van der Waals surface area contributed by atoms with E-state index in [1.165, 1.54) is 26.4 Å². The number of ether oxygens (including phenoxy) is 2. The van der Waals surface area contributed by atoms with E-state index in [4.69, 9.17) is 9.47 Å². The van der Waals surface area contributed by atoms with Crippen molar-refractivity contribution in [2.24, 2.45) is 0 Å². The van der Waals surface area contributed by atoms with Crippen LogP contribution in [0.15, 0.2) is 60.8 Å². The Morgan fingerprint density at radius 3 is 2.09 bits per heavy atom. The molecule has 0 amide bonds. The molecule has 3 N–H and O–H groups in total. The van der Waals surface area contributed by atoms with E-state index >= 15 is 0 Å². The minimum Gasteiger partial charge on any atom is -0.504 e. The maximum atomic E-state index is 12.5. The van der Waals surface area contributed by atoms with Crippen molar-refractivity contribution < 1.29 is 24.6 Å². The first-order valence-corrected chi connectivity index (χ1v) is 10.5. The summed E-state index contributed by atoms with van der Waals surface area (Å²) >= 11 is 0. The third kappa shape index (κ3) is 3.05. The number of methoxy groups -OCH3 is 2. The number of hydrogen-bond acceptors (Lipinski definition) is 7. The lowest BCUT2D eigenvalue weighted by molar-refractivity contribution is -0.385. The molecule has 3 aromatic carbocycles. The molecule has 34 heavy (non-hydrogen) atoms. The van der Waals surface area contributed by atoms with E-state index in [1.807, 2.05) is 6.07 Å². The number of benzene rings is 3. The number of fused-ring (bicyclic) bond motifs is 2. The zero-order valence-corrected chi connectivity index (χ0v) is 18.4. The molecule has 0 saturated carbocycles. The molecule has 172 valence electrons. The number of nitrogens with one attached hydrogen (secondary N) is 1.